The molecule has 0 atom stereocenters. The zero-order chi connectivity index (χ0) is 14.6. The first kappa shape index (κ1) is 15.7. The summed E-state index contributed by atoms with van der Waals surface area (Å²) in [4.78, 5) is 12.2. The van der Waals surface area contributed by atoms with Crippen LogP contribution in [-0.4, -0.2) is 34.6 Å². The lowest BCUT2D eigenvalue weighted by Crippen LogP contribution is -2.45. The molecule has 0 aromatic heterocycles. The highest BCUT2D eigenvalue weighted by Crippen LogP contribution is 2.31. The van der Waals surface area contributed by atoms with E-state index in [0.29, 0.717) is 6.54 Å². The first-order chi connectivity index (χ1) is 9.47. The molecule has 1 fully saturated rings. The second kappa shape index (κ2) is 6.83. The molecule has 0 radical (unpaired) electrons. The maximum absolute atomic E-state index is 12.2. The van der Waals surface area contributed by atoms with Crippen molar-refractivity contribution in [1.29, 1.82) is 0 Å². The first-order valence-corrected chi connectivity index (χ1v) is 8.09. The van der Waals surface area contributed by atoms with Gasteiger partial charge in [-0.05, 0) is 44.4 Å². The number of hydrogen-bond acceptors (Lipinski definition) is 3. The van der Waals surface area contributed by atoms with Crippen LogP contribution in [0, 0.1) is 0 Å². The van der Waals surface area contributed by atoms with E-state index in [1.54, 1.807) is 11.9 Å². The third kappa shape index (κ3) is 4.40. The van der Waals surface area contributed by atoms with Gasteiger partial charge >= 0.3 is 0 Å². The van der Waals surface area contributed by atoms with Gasteiger partial charge in [-0.25, -0.2) is 4.31 Å². The fourth-order valence-corrected chi connectivity index (χ4v) is 3.42. The topological polar surface area (TPSA) is 32.3 Å². The first-order valence-electron chi connectivity index (χ1n) is 6.94. The number of halogens is 1. The highest BCUT2D eigenvalue weighted by Gasteiger charge is 2.32. The number of nitrogens with one attached hydrogen (secondary N) is 1. The van der Waals surface area contributed by atoms with Gasteiger partial charge in [0, 0.05) is 24.7 Å². The van der Waals surface area contributed by atoms with Crippen molar-refractivity contribution in [2.45, 2.75) is 31.4 Å². The minimum Gasteiger partial charge on any atom is -0.355 e. The molecule has 2 rings (SSSR count). The highest BCUT2D eigenvalue weighted by atomic mass is 35.5. The summed E-state index contributed by atoms with van der Waals surface area (Å²) in [6, 6.07) is 7.76. The van der Waals surface area contributed by atoms with E-state index < -0.39 is 4.75 Å². The van der Waals surface area contributed by atoms with Crippen molar-refractivity contribution in [2.75, 3.05) is 19.6 Å². The van der Waals surface area contributed by atoms with E-state index >= 15 is 0 Å². The summed E-state index contributed by atoms with van der Waals surface area (Å²) < 4.78 is 1.84. The molecule has 0 saturated carbocycles. The average molecular weight is 313 g/mol. The van der Waals surface area contributed by atoms with Crippen LogP contribution in [-0.2, 0) is 11.2 Å². The van der Waals surface area contributed by atoms with Crippen molar-refractivity contribution < 1.29 is 4.79 Å². The molecule has 0 aliphatic carbocycles. The molecule has 0 spiro atoms. The maximum atomic E-state index is 12.2. The summed E-state index contributed by atoms with van der Waals surface area (Å²) in [7, 11) is 0. The normalized spacial score (nSPS) is 15.8. The van der Waals surface area contributed by atoms with Crippen molar-refractivity contribution >= 4 is 29.5 Å². The second-order valence-electron chi connectivity index (χ2n) is 5.52. The summed E-state index contributed by atoms with van der Waals surface area (Å²) in [5.74, 6) is 0.0939. The van der Waals surface area contributed by atoms with Crippen molar-refractivity contribution in [3.63, 3.8) is 0 Å². The molecule has 20 heavy (non-hydrogen) atoms. The summed E-state index contributed by atoms with van der Waals surface area (Å²) in [6.07, 6.45) is 2.04. The largest absolute Gasteiger partial charge is 0.355 e. The minimum absolute atomic E-state index is 0.0939. The third-order valence-electron chi connectivity index (χ3n) is 3.31. The predicted molar refractivity (Wildman–Crippen MR) is 86.0 cm³/mol. The fraction of sp³-hybridized carbons (Fsp3) is 0.533. The van der Waals surface area contributed by atoms with E-state index in [9.17, 15) is 4.79 Å². The average Bonchev–Trinajstić information content (AvgIpc) is 2.34. The van der Waals surface area contributed by atoms with Crippen LogP contribution < -0.4 is 5.32 Å². The number of nitrogens with zero attached hydrogens (tertiary/aromatic N) is 1. The van der Waals surface area contributed by atoms with E-state index in [0.717, 1.165) is 30.1 Å². The van der Waals surface area contributed by atoms with E-state index in [1.165, 1.54) is 6.42 Å². The molecule has 1 amide bonds. The second-order valence-corrected chi connectivity index (χ2v) is 7.68. The Bertz CT molecular complexity index is 475. The standard InChI is InChI=1S/C15H21ClN2OS/c1-15(2,20-18-9-4-10-18)14(19)17-8-7-12-5-3-6-13(16)11-12/h3,5-6,11H,4,7-10H2,1-2H3,(H,17,19). The van der Waals surface area contributed by atoms with E-state index in [4.69, 9.17) is 11.6 Å². The van der Waals surface area contributed by atoms with Crippen LogP contribution in [0.2, 0.25) is 5.02 Å². The molecule has 1 aromatic rings. The van der Waals surface area contributed by atoms with Crippen LogP contribution in [0.5, 0.6) is 0 Å². The van der Waals surface area contributed by atoms with Gasteiger partial charge < -0.3 is 5.32 Å². The summed E-state index contributed by atoms with van der Waals surface area (Å²) in [5, 5.41) is 3.75. The van der Waals surface area contributed by atoms with Crippen LogP contribution in [0.4, 0.5) is 0 Å². The van der Waals surface area contributed by atoms with Gasteiger partial charge in [-0.15, -0.1) is 0 Å². The molecule has 1 aliphatic heterocycles. The molecular formula is C15H21ClN2OS. The zero-order valence-corrected chi connectivity index (χ0v) is 13.6. The number of benzene rings is 1. The van der Waals surface area contributed by atoms with Crippen LogP contribution in [0.25, 0.3) is 0 Å². The van der Waals surface area contributed by atoms with Crippen molar-refractivity contribution in [3.8, 4) is 0 Å². The summed E-state index contributed by atoms with van der Waals surface area (Å²) in [5.41, 5.74) is 1.14. The Hall–Kier alpha value is -0.710. The molecule has 1 aliphatic rings. The lowest BCUT2D eigenvalue weighted by Gasteiger charge is -2.35. The van der Waals surface area contributed by atoms with E-state index in [1.807, 2.05) is 38.1 Å². The Balaban J connectivity index is 1.76. The Morgan fingerprint density at radius 3 is 2.80 bits per heavy atom. The molecule has 0 bridgehead atoms. The van der Waals surface area contributed by atoms with Gasteiger partial charge in [0.05, 0.1) is 0 Å². The predicted octanol–water partition coefficient (Wildman–Crippen LogP) is 3.13. The molecule has 3 nitrogen and oxygen atoms in total. The number of rotatable bonds is 6. The molecule has 1 aromatic carbocycles. The maximum Gasteiger partial charge on any atom is 0.237 e. The quantitative estimate of drug-likeness (QED) is 0.819. The number of carbonyl (C=O) groups is 1. The molecule has 110 valence electrons. The van der Waals surface area contributed by atoms with Crippen molar-refractivity contribution in [1.82, 2.24) is 9.62 Å². The van der Waals surface area contributed by atoms with Crippen molar-refractivity contribution in [2.24, 2.45) is 0 Å². The molecule has 1 saturated heterocycles. The number of carbonyl (C=O) groups excluding carboxylic acids is 1. The van der Waals surface area contributed by atoms with Crippen LogP contribution >= 0.6 is 23.5 Å². The lowest BCUT2D eigenvalue weighted by molar-refractivity contribution is -0.122. The SMILES string of the molecule is CC(C)(SN1CCC1)C(=O)NCCc1cccc(Cl)c1. The Morgan fingerprint density at radius 2 is 2.20 bits per heavy atom. The number of amides is 1. The van der Waals surface area contributed by atoms with E-state index in [-0.39, 0.29) is 5.91 Å². The van der Waals surface area contributed by atoms with Gasteiger partial charge in [-0.3, -0.25) is 4.79 Å². The zero-order valence-electron chi connectivity index (χ0n) is 12.0. The van der Waals surface area contributed by atoms with Gasteiger partial charge in [0.25, 0.3) is 0 Å². The molecule has 0 unspecified atom stereocenters. The van der Waals surface area contributed by atoms with Gasteiger partial charge in [0.15, 0.2) is 0 Å². The third-order valence-corrected chi connectivity index (χ3v) is 4.81. The minimum atomic E-state index is -0.408. The summed E-state index contributed by atoms with van der Waals surface area (Å²) in [6.45, 7) is 6.77. The van der Waals surface area contributed by atoms with E-state index in [2.05, 4.69) is 9.62 Å². The van der Waals surface area contributed by atoms with Gasteiger partial charge in [-0.1, -0.05) is 35.7 Å². The lowest BCUT2D eigenvalue weighted by atomic mass is 10.1. The van der Waals surface area contributed by atoms with Crippen molar-refractivity contribution in [3.05, 3.63) is 34.9 Å². The molecule has 1 heterocycles. The van der Waals surface area contributed by atoms with Crippen LogP contribution in [0.15, 0.2) is 24.3 Å². The van der Waals surface area contributed by atoms with Gasteiger partial charge in [-0.2, -0.15) is 0 Å². The smallest absolute Gasteiger partial charge is 0.237 e. The molecule has 1 N–H and O–H groups in total. The Morgan fingerprint density at radius 1 is 1.45 bits per heavy atom. The highest BCUT2D eigenvalue weighted by molar-refractivity contribution is 7.99. The Labute approximate surface area is 130 Å². The molecular weight excluding hydrogens is 292 g/mol. The summed E-state index contributed by atoms with van der Waals surface area (Å²) >= 11 is 7.59. The van der Waals surface area contributed by atoms with Gasteiger partial charge in [0.2, 0.25) is 5.91 Å². The van der Waals surface area contributed by atoms with Crippen LogP contribution in [0.3, 0.4) is 0 Å². The Kier molecular flexibility index (Phi) is 5.35. The van der Waals surface area contributed by atoms with Crippen LogP contribution in [0.1, 0.15) is 25.8 Å². The monoisotopic (exact) mass is 312 g/mol. The van der Waals surface area contributed by atoms with Gasteiger partial charge in [0.1, 0.15) is 4.75 Å². The molecule has 5 heteroatoms. The number of hydrogen-bond donors (Lipinski definition) is 1. The fourth-order valence-electron chi connectivity index (χ4n) is 1.97.